The molecule has 0 N–H and O–H groups in total. The molecule has 0 unspecified atom stereocenters. The van der Waals surface area contributed by atoms with E-state index in [4.69, 9.17) is 0 Å². The van der Waals surface area contributed by atoms with Crippen LogP contribution in [0.25, 0.3) is 187 Å². The third-order valence-electron chi connectivity index (χ3n) is 20.4. The smallest absolute Gasteiger partial charge is 0.00926 e. The van der Waals surface area contributed by atoms with Gasteiger partial charge in [0.25, 0.3) is 0 Å². The lowest BCUT2D eigenvalue weighted by atomic mass is 9.86. The van der Waals surface area contributed by atoms with Crippen LogP contribution in [0.5, 0.6) is 0 Å². The Morgan fingerprint density at radius 1 is 0.0882 bits per heavy atom. The highest BCUT2D eigenvalue weighted by molar-refractivity contribution is 6.12. The second-order valence-electron chi connectivity index (χ2n) is 26.7. The molecular formula is C102H68. The van der Waals surface area contributed by atoms with Crippen LogP contribution in [-0.2, 0) is 0 Å². The van der Waals surface area contributed by atoms with Gasteiger partial charge in [-0.1, -0.05) is 322 Å². The highest BCUT2D eigenvalue weighted by Gasteiger charge is 2.19. The number of hydrogen-bond donors (Lipinski definition) is 0. The lowest BCUT2D eigenvalue weighted by Crippen LogP contribution is -1.91. The minimum Gasteiger partial charge on any atom is -0.0622 e. The summed E-state index contributed by atoms with van der Waals surface area (Å²) < 4.78 is 0. The molecule has 0 spiro atoms. The van der Waals surface area contributed by atoms with Crippen molar-refractivity contribution in [1.29, 1.82) is 0 Å². The summed E-state index contributed by atoms with van der Waals surface area (Å²) in [6.07, 6.45) is 0. The van der Waals surface area contributed by atoms with Gasteiger partial charge in [0.2, 0.25) is 0 Å². The summed E-state index contributed by atoms with van der Waals surface area (Å²) in [4.78, 5) is 0. The molecule has 0 aliphatic heterocycles. The van der Waals surface area contributed by atoms with Gasteiger partial charge >= 0.3 is 0 Å². The van der Waals surface area contributed by atoms with E-state index in [1.165, 1.54) is 187 Å². The van der Waals surface area contributed by atoms with Crippen LogP contribution in [0.3, 0.4) is 0 Å². The zero-order valence-electron chi connectivity index (χ0n) is 56.3. The lowest BCUT2D eigenvalue weighted by Gasteiger charge is -2.18. The fraction of sp³-hybridized carbons (Fsp3) is 0. The quantitative estimate of drug-likeness (QED) is 0.121. The standard InChI is InChI=1S/C54H36.C48H32/c1-5-13-37(14-6-1)43-25-21-39-23-27-45(31-47(39)29-43)49-33-51(41-17-9-3-10-18-41)54-36-50(34-52(53(54)35-49)42-19-11-4-12-20-42)46-28-24-40-22-26-44(30-48(40)32-46)38-15-7-2-8-16-38;1-4-12-33(13-5-1)39-23-21-35-22-25-41(28-42(35)27-39)44-30-46(37-17-8-3-9-18-37)47-31-43(40-24-20-34-14-10-11-19-38(34)26-40)29-45(48(47)32-44)36-15-6-2-7-16-36/h1-36H;1-32H. The Hall–Kier alpha value is -13.3. The zero-order chi connectivity index (χ0) is 67.7. The van der Waals surface area contributed by atoms with Crippen LogP contribution in [0.15, 0.2) is 413 Å². The molecule has 0 aromatic heterocycles. The molecule has 0 saturated carbocycles. The Labute approximate surface area is 595 Å². The second kappa shape index (κ2) is 26.9. The molecule has 19 rings (SSSR count). The van der Waals surface area contributed by atoms with Crippen molar-refractivity contribution in [1.82, 2.24) is 0 Å². The van der Waals surface area contributed by atoms with Crippen LogP contribution < -0.4 is 0 Å². The Bertz CT molecular complexity index is 6100. The van der Waals surface area contributed by atoms with Gasteiger partial charge < -0.3 is 0 Å². The minimum absolute atomic E-state index is 1.21. The van der Waals surface area contributed by atoms with Gasteiger partial charge in [-0.3, -0.25) is 0 Å². The highest BCUT2D eigenvalue weighted by atomic mass is 14.2. The number of hydrogen-bond acceptors (Lipinski definition) is 0. The Morgan fingerprint density at radius 3 is 0.500 bits per heavy atom. The van der Waals surface area contributed by atoms with Gasteiger partial charge in [0, 0.05) is 0 Å². The third kappa shape index (κ3) is 12.2. The van der Waals surface area contributed by atoms with E-state index < -0.39 is 0 Å². The Balaban J connectivity index is 0.000000147. The molecule has 0 atom stereocenters. The number of fused-ring (bicyclic) bond motifs is 6. The maximum Gasteiger partial charge on any atom is -0.00926 e. The average molecular weight is 1290 g/mol. The van der Waals surface area contributed by atoms with E-state index in [-0.39, 0.29) is 0 Å². The van der Waals surface area contributed by atoms with E-state index in [2.05, 4.69) is 413 Å². The molecule has 19 aromatic carbocycles. The summed E-state index contributed by atoms with van der Waals surface area (Å²) in [5.41, 5.74) is 26.9. The van der Waals surface area contributed by atoms with Crippen LogP contribution in [0.2, 0.25) is 0 Å². The summed E-state index contributed by atoms with van der Waals surface area (Å²) in [5.74, 6) is 0. The lowest BCUT2D eigenvalue weighted by molar-refractivity contribution is 1.60. The SMILES string of the molecule is c1ccc(-c2ccc3ccc(-c4cc(-c5ccccc5)c5cc(-c6ccc7ccc(-c8ccccc8)cc7c6)cc(-c6ccccc6)c5c4)cc3c2)cc1.c1ccc(-c2ccc3ccc(-c4cc(-c5ccccc5)c5cc(-c6ccc7ccccc7c6)cc(-c6ccccc6)c5c4)cc3c2)cc1. The van der Waals surface area contributed by atoms with Crippen LogP contribution >= 0.6 is 0 Å². The highest BCUT2D eigenvalue weighted by Crippen LogP contribution is 2.46. The van der Waals surface area contributed by atoms with Gasteiger partial charge in [0.1, 0.15) is 0 Å². The van der Waals surface area contributed by atoms with Crippen LogP contribution in [0.4, 0.5) is 0 Å². The summed E-state index contributed by atoms with van der Waals surface area (Å²) >= 11 is 0. The molecule has 0 saturated heterocycles. The van der Waals surface area contributed by atoms with E-state index >= 15 is 0 Å². The van der Waals surface area contributed by atoms with Crippen molar-refractivity contribution in [2.24, 2.45) is 0 Å². The van der Waals surface area contributed by atoms with Crippen molar-refractivity contribution < 1.29 is 0 Å². The van der Waals surface area contributed by atoms with Gasteiger partial charge in [-0.05, 0) is 278 Å². The molecule has 19 aromatic rings. The average Bonchev–Trinajstić information content (AvgIpc) is 0.753. The van der Waals surface area contributed by atoms with Crippen molar-refractivity contribution in [3.8, 4) is 122 Å². The minimum atomic E-state index is 1.21. The molecule has 0 amide bonds. The van der Waals surface area contributed by atoms with Crippen LogP contribution in [-0.4, -0.2) is 0 Å². The molecule has 0 heterocycles. The first-order chi connectivity index (χ1) is 50.5. The van der Waals surface area contributed by atoms with Crippen LogP contribution in [0, 0.1) is 0 Å². The fourth-order valence-corrected chi connectivity index (χ4v) is 15.1. The summed E-state index contributed by atoms with van der Waals surface area (Å²) in [6, 6.07) is 151. The first kappa shape index (κ1) is 61.1. The first-order valence-corrected chi connectivity index (χ1v) is 35.2. The maximum atomic E-state index is 2.41. The largest absolute Gasteiger partial charge is 0.0622 e. The topological polar surface area (TPSA) is 0 Å². The van der Waals surface area contributed by atoms with Crippen molar-refractivity contribution >= 4 is 64.6 Å². The summed E-state index contributed by atoms with van der Waals surface area (Å²) in [5, 5.41) is 14.9. The predicted octanol–water partition coefficient (Wildman–Crippen LogP) is 28.6. The molecule has 0 aliphatic rings. The van der Waals surface area contributed by atoms with E-state index in [9.17, 15) is 0 Å². The first-order valence-electron chi connectivity index (χ1n) is 35.2. The maximum absolute atomic E-state index is 2.41. The molecule has 0 bridgehead atoms. The van der Waals surface area contributed by atoms with Gasteiger partial charge in [0.05, 0.1) is 0 Å². The van der Waals surface area contributed by atoms with Crippen LogP contribution in [0.1, 0.15) is 0 Å². The molecule has 0 heteroatoms. The molecule has 0 radical (unpaired) electrons. The molecule has 0 fully saturated rings. The zero-order valence-corrected chi connectivity index (χ0v) is 56.3. The molecule has 0 nitrogen and oxygen atoms in total. The van der Waals surface area contributed by atoms with E-state index in [1.807, 2.05) is 0 Å². The normalized spacial score (nSPS) is 11.3. The monoisotopic (exact) mass is 1290 g/mol. The van der Waals surface area contributed by atoms with Crippen molar-refractivity contribution in [2.45, 2.75) is 0 Å². The van der Waals surface area contributed by atoms with Crippen molar-refractivity contribution in [3.05, 3.63) is 413 Å². The fourth-order valence-electron chi connectivity index (χ4n) is 15.1. The number of rotatable bonds is 11. The van der Waals surface area contributed by atoms with Gasteiger partial charge in [0.15, 0.2) is 0 Å². The van der Waals surface area contributed by atoms with E-state index in [0.717, 1.165) is 0 Å². The second-order valence-corrected chi connectivity index (χ2v) is 26.7. The predicted molar refractivity (Wildman–Crippen MR) is 438 cm³/mol. The summed E-state index contributed by atoms with van der Waals surface area (Å²) in [7, 11) is 0. The summed E-state index contributed by atoms with van der Waals surface area (Å²) in [6.45, 7) is 0. The van der Waals surface area contributed by atoms with E-state index in [1.54, 1.807) is 0 Å². The van der Waals surface area contributed by atoms with Gasteiger partial charge in [-0.2, -0.15) is 0 Å². The molecule has 476 valence electrons. The third-order valence-corrected chi connectivity index (χ3v) is 20.4. The molecule has 102 heavy (non-hydrogen) atoms. The number of benzene rings is 19. The Kier molecular flexibility index (Phi) is 16.1. The van der Waals surface area contributed by atoms with Crippen molar-refractivity contribution in [3.63, 3.8) is 0 Å². The van der Waals surface area contributed by atoms with Gasteiger partial charge in [-0.25, -0.2) is 0 Å². The molecular weight excluding hydrogens is 1230 g/mol. The Morgan fingerprint density at radius 2 is 0.265 bits per heavy atom. The van der Waals surface area contributed by atoms with Crippen molar-refractivity contribution in [2.75, 3.05) is 0 Å². The van der Waals surface area contributed by atoms with E-state index in [0.29, 0.717) is 0 Å². The molecule has 0 aliphatic carbocycles. The van der Waals surface area contributed by atoms with Gasteiger partial charge in [-0.15, -0.1) is 0 Å².